The highest BCUT2D eigenvalue weighted by Gasteiger charge is 2.24. The van der Waals surface area contributed by atoms with Crippen molar-refractivity contribution in [3.63, 3.8) is 0 Å². The molecule has 0 aliphatic rings. The number of hydrogen-bond donors (Lipinski definition) is 0. The Labute approximate surface area is 275 Å². The average Bonchev–Trinajstić information content (AvgIpc) is 3.71. The Bertz CT molecular complexity index is 2790. The van der Waals surface area contributed by atoms with Crippen LogP contribution in [0.1, 0.15) is 0 Å². The fraction of sp³-hybridized carbons (Fsp3) is 0. The smallest absolute Gasteiger partial charge is 0.145 e. The van der Waals surface area contributed by atoms with E-state index in [9.17, 15) is 0 Å². The van der Waals surface area contributed by atoms with Crippen molar-refractivity contribution in [2.45, 2.75) is 0 Å². The van der Waals surface area contributed by atoms with Crippen molar-refractivity contribution in [1.82, 2.24) is 0 Å². The molecular weight excluding hydrogens is 591 g/mol. The fourth-order valence-electron chi connectivity index (χ4n) is 7.39. The van der Waals surface area contributed by atoms with Crippen LogP contribution in [0.4, 0.5) is 17.1 Å². The van der Waals surface area contributed by atoms with Crippen molar-refractivity contribution in [1.29, 1.82) is 0 Å². The average molecular weight is 618 g/mol. The second-order valence-electron chi connectivity index (χ2n) is 12.0. The maximum absolute atomic E-state index is 7.11. The minimum absolute atomic E-state index is 0.897. The van der Waals surface area contributed by atoms with Crippen LogP contribution in [-0.4, -0.2) is 0 Å². The summed E-state index contributed by atoms with van der Waals surface area (Å²) < 4.78 is 9.68. The van der Waals surface area contributed by atoms with Crippen molar-refractivity contribution >= 4 is 92.1 Å². The lowest BCUT2D eigenvalue weighted by Crippen LogP contribution is -2.11. The van der Waals surface area contributed by atoms with Crippen LogP contribution in [0.5, 0.6) is 0 Å². The molecule has 0 saturated carbocycles. The summed E-state index contributed by atoms with van der Waals surface area (Å²) in [7, 11) is 0. The molecule has 0 spiro atoms. The van der Waals surface area contributed by atoms with Crippen LogP contribution >= 0.6 is 11.3 Å². The first kappa shape index (κ1) is 26.3. The van der Waals surface area contributed by atoms with Gasteiger partial charge < -0.3 is 9.32 Å². The summed E-state index contributed by atoms with van der Waals surface area (Å²) in [4.78, 5) is 2.38. The lowest BCUT2D eigenvalue weighted by Gasteiger charge is -2.28. The number of fused-ring (bicyclic) bond motifs is 11. The van der Waals surface area contributed by atoms with Gasteiger partial charge in [-0.05, 0) is 64.2 Å². The maximum Gasteiger partial charge on any atom is 0.145 e. The minimum Gasteiger partial charge on any atom is -0.455 e. The van der Waals surface area contributed by atoms with Gasteiger partial charge in [-0.15, -0.1) is 11.3 Å². The summed E-state index contributed by atoms with van der Waals surface area (Å²) >= 11 is 1.85. The van der Waals surface area contributed by atoms with Gasteiger partial charge in [0.05, 0.1) is 5.69 Å². The lowest BCUT2D eigenvalue weighted by atomic mass is 9.95. The third-order valence-corrected chi connectivity index (χ3v) is 10.6. The SMILES string of the molecule is c1ccc(-c2c(N(c3ccccc3)c3ccc4c(c3)sc3ccccc34)ccc3c2oc2c4ccccc4c4ccccc4c32)cc1. The number of rotatable bonds is 4. The molecule has 0 unspecified atom stereocenters. The predicted molar refractivity (Wildman–Crippen MR) is 202 cm³/mol. The number of anilines is 3. The third kappa shape index (κ3) is 3.97. The van der Waals surface area contributed by atoms with Crippen LogP contribution in [0, 0.1) is 0 Å². The molecule has 0 radical (unpaired) electrons. The molecule has 10 aromatic rings. The van der Waals surface area contributed by atoms with Crippen LogP contribution < -0.4 is 4.90 Å². The molecule has 220 valence electrons. The first-order chi connectivity index (χ1) is 23.3. The van der Waals surface area contributed by atoms with Gasteiger partial charge in [0.15, 0.2) is 0 Å². The molecule has 2 aromatic heterocycles. The zero-order valence-corrected chi connectivity index (χ0v) is 26.2. The standard InChI is InChI=1S/C44H27NOS/c1-3-13-28(14-4-1)41-38(26-25-37-42-35-20-9-7-17-31(35)32-18-8-10-21-36(32)43(42)46-44(37)41)45(29-15-5-2-6-16-29)30-23-24-34-33-19-11-12-22-39(33)47-40(34)27-30/h1-27H. The number of benzene rings is 8. The molecule has 0 amide bonds. The Morgan fingerprint density at radius 2 is 1.00 bits per heavy atom. The fourth-order valence-corrected chi connectivity index (χ4v) is 8.53. The van der Waals surface area contributed by atoms with Crippen LogP contribution in [0.3, 0.4) is 0 Å². The molecule has 47 heavy (non-hydrogen) atoms. The van der Waals surface area contributed by atoms with Crippen molar-refractivity contribution in [3.8, 4) is 11.1 Å². The summed E-state index contributed by atoms with van der Waals surface area (Å²) in [5.41, 5.74) is 7.30. The summed E-state index contributed by atoms with van der Waals surface area (Å²) in [5.74, 6) is 0. The van der Waals surface area contributed by atoms with E-state index in [1.165, 1.54) is 36.3 Å². The van der Waals surface area contributed by atoms with Crippen molar-refractivity contribution in [2.75, 3.05) is 4.90 Å². The molecule has 0 aliphatic carbocycles. The quantitative estimate of drug-likeness (QED) is 0.183. The first-order valence-corrected chi connectivity index (χ1v) is 16.8. The number of para-hydroxylation sites is 1. The maximum atomic E-state index is 7.11. The monoisotopic (exact) mass is 617 g/mol. The number of hydrogen-bond acceptors (Lipinski definition) is 3. The van der Waals surface area contributed by atoms with E-state index in [1.807, 2.05) is 11.3 Å². The Hall–Kier alpha value is -5.90. The topological polar surface area (TPSA) is 16.4 Å². The molecular formula is C44H27NOS. The van der Waals surface area contributed by atoms with Crippen LogP contribution in [0.2, 0.25) is 0 Å². The Morgan fingerprint density at radius 3 is 1.79 bits per heavy atom. The summed E-state index contributed by atoms with van der Waals surface area (Å²) in [6.45, 7) is 0. The summed E-state index contributed by atoms with van der Waals surface area (Å²) in [5, 5.41) is 9.67. The molecule has 10 rings (SSSR count). The molecule has 3 heteroatoms. The number of nitrogens with zero attached hydrogens (tertiary/aromatic N) is 1. The molecule has 8 aromatic carbocycles. The van der Waals surface area contributed by atoms with Crippen molar-refractivity contribution in [3.05, 3.63) is 164 Å². The highest BCUT2D eigenvalue weighted by molar-refractivity contribution is 7.25. The van der Waals surface area contributed by atoms with Gasteiger partial charge in [0, 0.05) is 53.3 Å². The van der Waals surface area contributed by atoms with Gasteiger partial charge in [0.25, 0.3) is 0 Å². The zero-order chi connectivity index (χ0) is 30.9. The van der Waals surface area contributed by atoms with E-state index < -0.39 is 0 Å². The van der Waals surface area contributed by atoms with E-state index in [1.54, 1.807) is 0 Å². The van der Waals surface area contributed by atoms with Gasteiger partial charge in [-0.2, -0.15) is 0 Å². The van der Waals surface area contributed by atoms with Crippen molar-refractivity contribution in [2.24, 2.45) is 0 Å². The van der Waals surface area contributed by atoms with E-state index in [-0.39, 0.29) is 0 Å². The van der Waals surface area contributed by atoms with E-state index in [0.29, 0.717) is 0 Å². The highest BCUT2D eigenvalue weighted by Crippen LogP contribution is 2.49. The zero-order valence-electron chi connectivity index (χ0n) is 25.4. The molecule has 2 heterocycles. The second-order valence-corrected chi connectivity index (χ2v) is 13.1. The minimum atomic E-state index is 0.897. The molecule has 0 fully saturated rings. The van der Waals surface area contributed by atoms with Gasteiger partial charge in [0.1, 0.15) is 11.2 Å². The Morgan fingerprint density at radius 1 is 0.404 bits per heavy atom. The van der Waals surface area contributed by atoms with Crippen LogP contribution in [0.25, 0.3) is 74.8 Å². The molecule has 0 N–H and O–H groups in total. The van der Waals surface area contributed by atoms with Gasteiger partial charge in [-0.25, -0.2) is 0 Å². The molecule has 0 saturated heterocycles. The van der Waals surface area contributed by atoms with Gasteiger partial charge in [-0.1, -0.05) is 121 Å². The van der Waals surface area contributed by atoms with E-state index in [0.717, 1.165) is 55.5 Å². The number of furan rings is 1. The number of thiophene rings is 1. The van der Waals surface area contributed by atoms with E-state index in [4.69, 9.17) is 4.42 Å². The first-order valence-electron chi connectivity index (χ1n) is 15.9. The van der Waals surface area contributed by atoms with Crippen LogP contribution in [0.15, 0.2) is 168 Å². The second kappa shape index (κ2) is 10.3. The Balaban J connectivity index is 1.33. The molecule has 0 bridgehead atoms. The van der Waals surface area contributed by atoms with Crippen molar-refractivity contribution < 1.29 is 4.42 Å². The summed E-state index contributed by atoms with van der Waals surface area (Å²) in [6, 6.07) is 58.8. The summed E-state index contributed by atoms with van der Waals surface area (Å²) in [6.07, 6.45) is 0. The Kier molecular flexibility index (Phi) is 5.78. The van der Waals surface area contributed by atoms with Gasteiger partial charge >= 0.3 is 0 Å². The lowest BCUT2D eigenvalue weighted by molar-refractivity contribution is 0.674. The van der Waals surface area contributed by atoms with E-state index in [2.05, 4.69) is 169 Å². The molecule has 0 atom stereocenters. The normalized spacial score (nSPS) is 11.8. The largest absolute Gasteiger partial charge is 0.455 e. The molecule has 0 aliphatic heterocycles. The predicted octanol–water partition coefficient (Wildman–Crippen LogP) is 13.4. The highest BCUT2D eigenvalue weighted by atomic mass is 32.1. The van der Waals surface area contributed by atoms with Gasteiger partial charge in [0.2, 0.25) is 0 Å². The van der Waals surface area contributed by atoms with Crippen LogP contribution in [-0.2, 0) is 0 Å². The molecule has 2 nitrogen and oxygen atoms in total. The van der Waals surface area contributed by atoms with E-state index >= 15 is 0 Å². The third-order valence-electron chi connectivity index (χ3n) is 9.43. The van der Waals surface area contributed by atoms with Gasteiger partial charge in [-0.3, -0.25) is 0 Å².